The molecule has 1 aromatic rings. The van der Waals surface area contributed by atoms with Gasteiger partial charge in [-0.25, -0.2) is 0 Å². The zero-order valence-electron chi connectivity index (χ0n) is 10.1. The van der Waals surface area contributed by atoms with E-state index in [0.29, 0.717) is 6.04 Å². The van der Waals surface area contributed by atoms with Crippen molar-refractivity contribution in [2.75, 3.05) is 13.1 Å². The maximum atomic E-state index is 10.5. The van der Waals surface area contributed by atoms with E-state index in [2.05, 4.69) is 34.5 Å². The van der Waals surface area contributed by atoms with Crippen LogP contribution in [0.1, 0.15) is 24.8 Å². The highest BCUT2D eigenvalue weighted by molar-refractivity contribution is 5.46. The summed E-state index contributed by atoms with van der Waals surface area (Å²) < 4.78 is 0. The van der Waals surface area contributed by atoms with E-state index in [-0.39, 0.29) is 0 Å². The number of nitrogens with zero attached hydrogens (tertiary/aromatic N) is 1. The topological polar surface area (TPSA) is 32.3 Å². The van der Waals surface area contributed by atoms with Gasteiger partial charge in [0.15, 0.2) is 0 Å². The fourth-order valence-electron chi connectivity index (χ4n) is 2.44. The van der Waals surface area contributed by atoms with Crippen molar-refractivity contribution in [3.05, 3.63) is 35.9 Å². The molecule has 1 N–H and O–H groups in total. The van der Waals surface area contributed by atoms with Gasteiger partial charge in [0.2, 0.25) is 6.41 Å². The number of carbonyl (C=O) groups excluding carboxylic acids is 1. The SMILES string of the molecule is O=CNC1CCCCN(Cc2ccccc2)C1. The fraction of sp³-hybridized carbons (Fsp3) is 0.500. The first kappa shape index (κ1) is 12.1. The summed E-state index contributed by atoms with van der Waals surface area (Å²) in [5.74, 6) is 0. The van der Waals surface area contributed by atoms with Gasteiger partial charge in [0, 0.05) is 19.1 Å². The molecule has 17 heavy (non-hydrogen) atoms. The van der Waals surface area contributed by atoms with Crippen molar-refractivity contribution in [3.8, 4) is 0 Å². The van der Waals surface area contributed by atoms with Gasteiger partial charge in [-0.1, -0.05) is 36.8 Å². The van der Waals surface area contributed by atoms with Crippen LogP contribution < -0.4 is 5.32 Å². The number of carbonyl (C=O) groups is 1. The summed E-state index contributed by atoms with van der Waals surface area (Å²) in [7, 11) is 0. The molecule has 0 spiro atoms. The average molecular weight is 232 g/mol. The molecule has 1 saturated heterocycles. The molecule has 1 aliphatic heterocycles. The van der Waals surface area contributed by atoms with E-state index in [0.717, 1.165) is 32.5 Å². The number of amides is 1. The second-order valence-corrected chi connectivity index (χ2v) is 4.70. The van der Waals surface area contributed by atoms with Crippen molar-refractivity contribution in [1.29, 1.82) is 0 Å². The first-order valence-corrected chi connectivity index (χ1v) is 6.34. The molecule has 0 aliphatic carbocycles. The predicted octanol–water partition coefficient (Wildman–Crippen LogP) is 1.79. The zero-order valence-corrected chi connectivity index (χ0v) is 10.1. The van der Waals surface area contributed by atoms with Gasteiger partial charge in [-0.15, -0.1) is 0 Å². The molecular formula is C14H20N2O. The van der Waals surface area contributed by atoms with Crippen LogP contribution in [0.4, 0.5) is 0 Å². The van der Waals surface area contributed by atoms with Gasteiger partial charge in [-0.3, -0.25) is 9.69 Å². The predicted molar refractivity (Wildman–Crippen MR) is 68.6 cm³/mol. The Balaban J connectivity index is 1.92. The summed E-state index contributed by atoms with van der Waals surface area (Å²) in [5, 5.41) is 2.92. The molecule has 0 aromatic heterocycles. The molecule has 0 saturated carbocycles. The first-order valence-electron chi connectivity index (χ1n) is 6.34. The molecular weight excluding hydrogens is 212 g/mol. The van der Waals surface area contributed by atoms with E-state index in [4.69, 9.17) is 0 Å². The summed E-state index contributed by atoms with van der Waals surface area (Å²) in [5.41, 5.74) is 1.35. The van der Waals surface area contributed by atoms with Crippen molar-refractivity contribution >= 4 is 6.41 Å². The molecule has 3 heteroatoms. The lowest BCUT2D eigenvalue weighted by atomic mass is 10.1. The number of nitrogens with one attached hydrogen (secondary N) is 1. The van der Waals surface area contributed by atoms with Crippen molar-refractivity contribution < 1.29 is 4.79 Å². The van der Waals surface area contributed by atoms with Gasteiger partial charge < -0.3 is 5.32 Å². The van der Waals surface area contributed by atoms with Crippen LogP contribution >= 0.6 is 0 Å². The van der Waals surface area contributed by atoms with Crippen LogP contribution in [0.5, 0.6) is 0 Å². The minimum atomic E-state index is 0.318. The van der Waals surface area contributed by atoms with Crippen LogP contribution in [0.3, 0.4) is 0 Å². The highest BCUT2D eigenvalue weighted by Crippen LogP contribution is 2.13. The molecule has 0 bridgehead atoms. The highest BCUT2D eigenvalue weighted by atomic mass is 16.1. The summed E-state index contributed by atoms with van der Waals surface area (Å²) >= 11 is 0. The molecule has 1 amide bonds. The summed E-state index contributed by atoms with van der Waals surface area (Å²) in [4.78, 5) is 13.0. The van der Waals surface area contributed by atoms with Gasteiger partial charge in [0.25, 0.3) is 0 Å². The number of benzene rings is 1. The van der Waals surface area contributed by atoms with E-state index in [1.165, 1.54) is 18.4 Å². The van der Waals surface area contributed by atoms with Gasteiger partial charge >= 0.3 is 0 Å². The van der Waals surface area contributed by atoms with E-state index >= 15 is 0 Å². The normalized spacial score (nSPS) is 21.8. The molecule has 0 radical (unpaired) electrons. The van der Waals surface area contributed by atoms with Crippen molar-refractivity contribution in [2.45, 2.75) is 31.8 Å². The van der Waals surface area contributed by atoms with Gasteiger partial charge in [-0.05, 0) is 24.9 Å². The quantitative estimate of drug-likeness (QED) is 0.803. The van der Waals surface area contributed by atoms with E-state index < -0.39 is 0 Å². The maximum absolute atomic E-state index is 10.5. The van der Waals surface area contributed by atoms with Crippen molar-refractivity contribution in [3.63, 3.8) is 0 Å². The van der Waals surface area contributed by atoms with Crippen LogP contribution in [-0.2, 0) is 11.3 Å². The fourth-order valence-corrected chi connectivity index (χ4v) is 2.44. The summed E-state index contributed by atoms with van der Waals surface area (Å²) in [6, 6.07) is 10.8. The molecule has 1 aromatic carbocycles. The summed E-state index contributed by atoms with van der Waals surface area (Å²) in [6.07, 6.45) is 4.36. The Hall–Kier alpha value is -1.35. The molecule has 1 unspecified atom stereocenters. The molecule has 92 valence electrons. The first-order chi connectivity index (χ1) is 8.38. The van der Waals surface area contributed by atoms with Crippen LogP contribution in [-0.4, -0.2) is 30.4 Å². The van der Waals surface area contributed by atoms with Crippen molar-refractivity contribution in [1.82, 2.24) is 10.2 Å². The standard InChI is InChI=1S/C14H20N2O/c17-12-15-14-8-4-5-9-16(11-14)10-13-6-2-1-3-7-13/h1-3,6-7,12,14H,4-5,8-11H2,(H,15,17). The second kappa shape index (κ2) is 6.40. The molecule has 1 fully saturated rings. The zero-order chi connectivity index (χ0) is 11.9. The Morgan fingerprint density at radius 3 is 2.88 bits per heavy atom. The third-order valence-electron chi connectivity index (χ3n) is 3.31. The Kier molecular flexibility index (Phi) is 4.56. The van der Waals surface area contributed by atoms with Crippen LogP contribution in [0, 0.1) is 0 Å². The maximum Gasteiger partial charge on any atom is 0.207 e. The molecule has 1 heterocycles. The van der Waals surface area contributed by atoms with Gasteiger partial charge in [0.05, 0.1) is 0 Å². The Labute approximate surface area is 103 Å². The minimum absolute atomic E-state index is 0.318. The Bertz CT molecular complexity index is 339. The number of hydrogen-bond donors (Lipinski definition) is 1. The van der Waals surface area contributed by atoms with Crippen molar-refractivity contribution in [2.24, 2.45) is 0 Å². The molecule has 1 aliphatic rings. The average Bonchev–Trinajstić information content (AvgIpc) is 2.56. The third-order valence-corrected chi connectivity index (χ3v) is 3.31. The lowest BCUT2D eigenvalue weighted by molar-refractivity contribution is -0.110. The van der Waals surface area contributed by atoms with E-state index in [1.54, 1.807) is 0 Å². The number of hydrogen-bond acceptors (Lipinski definition) is 2. The molecule has 3 nitrogen and oxygen atoms in total. The Morgan fingerprint density at radius 1 is 1.29 bits per heavy atom. The third kappa shape index (κ3) is 3.86. The lowest BCUT2D eigenvalue weighted by Gasteiger charge is -2.23. The van der Waals surface area contributed by atoms with E-state index in [1.807, 2.05) is 6.07 Å². The van der Waals surface area contributed by atoms with Crippen LogP contribution in [0.2, 0.25) is 0 Å². The smallest absolute Gasteiger partial charge is 0.207 e. The lowest BCUT2D eigenvalue weighted by Crippen LogP contribution is -2.38. The minimum Gasteiger partial charge on any atom is -0.355 e. The highest BCUT2D eigenvalue weighted by Gasteiger charge is 2.17. The van der Waals surface area contributed by atoms with Crippen LogP contribution in [0.25, 0.3) is 0 Å². The number of likely N-dealkylation sites (tertiary alicyclic amines) is 1. The second-order valence-electron chi connectivity index (χ2n) is 4.70. The van der Waals surface area contributed by atoms with Gasteiger partial charge in [0.1, 0.15) is 0 Å². The largest absolute Gasteiger partial charge is 0.355 e. The summed E-state index contributed by atoms with van der Waals surface area (Å²) in [6.45, 7) is 3.08. The van der Waals surface area contributed by atoms with E-state index in [9.17, 15) is 4.79 Å². The van der Waals surface area contributed by atoms with Crippen LogP contribution in [0.15, 0.2) is 30.3 Å². The Morgan fingerprint density at radius 2 is 2.12 bits per heavy atom. The monoisotopic (exact) mass is 232 g/mol. The molecule has 2 rings (SSSR count). The molecule has 1 atom stereocenters. The number of rotatable bonds is 4. The van der Waals surface area contributed by atoms with Gasteiger partial charge in [-0.2, -0.15) is 0 Å².